The Morgan fingerprint density at radius 1 is 1.21 bits per heavy atom. The van der Waals surface area contributed by atoms with Crippen LogP contribution in [0.1, 0.15) is 15.9 Å². The summed E-state index contributed by atoms with van der Waals surface area (Å²) in [7, 11) is 1.62. The van der Waals surface area contributed by atoms with Crippen molar-refractivity contribution in [2.45, 2.75) is 6.92 Å². The van der Waals surface area contributed by atoms with Crippen molar-refractivity contribution in [3.8, 4) is 5.75 Å². The number of methoxy groups -OCH3 is 1. The van der Waals surface area contributed by atoms with Crippen molar-refractivity contribution in [3.63, 3.8) is 0 Å². The summed E-state index contributed by atoms with van der Waals surface area (Å²) < 4.78 is 5.19. The van der Waals surface area contributed by atoms with Gasteiger partial charge in [0.15, 0.2) is 0 Å². The maximum Gasteiger partial charge on any atom is 0.337 e. The number of carboxylic acid groups (broad SMARTS) is 1. The van der Waals surface area contributed by atoms with E-state index in [9.17, 15) is 4.79 Å². The van der Waals surface area contributed by atoms with E-state index < -0.39 is 5.97 Å². The number of aryl methyl sites for hydroxylation is 1. The Morgan fingerprint density at radius 2 is 1.95 bits per heavy atom. The molecular formula is C15H15NO3. The second-order valence-electron chi connectivity index (χ2n) is 4.16. The molecule has 0 fully saturated rings. The first-order chi connectivity index (χ1) is 9.11. The Balaban J connectivity index is 2.31. The number of carboxylic acids is 1. The maximum atomic E-state index is 11.1. The van der Waals surface area contributed by atoms with Crippen molar-refractivity contribution in [1.82, 2.24) is 0 Å². The number of aromatic carboxylic acids is 1. The summed E-state index contributed by atoms with van der Waals surface area (Å²) >= 11 is 0. The first kappa shape index (κ1) is 13.0. The standard InChI is InChI=1S/C15H15NO3/c1-10-9-11(7-8-14(10)19-2)16-13-6-4-3-5-12(13)15(17)18/h3-9,16H,1-2H3,(H,17,18). The number of nitrogens with one attached hydrogen (secondary N) is 1. The molecule has 0 saturated carbocycles. The molecule has 2 aromatic rings. The van der Waals surface area contributed by atoms with Crippen LogP contribution in [0.2, 0.25) is 0 Å². The summed E-state index contributed by atoms with van der Waals surface area (Å²) in [6, 6.07) is 12.4. The minimum absolute atomic E-state index is 0.246. The molecule has 2 rings (SSSR count). The second-order valence-corrected chi connectivity index (χ2v) is 4.16. The van der Waals surface area contributed by atoms with Crippen molar-refractivity contribution in [2.24, 2.45) is 0 Å². The van der Waals surface area contributed by atoms with Crippen molar-refractivity contribution >= 4 is 17.3 Å². The van der Waals surface area contributed by atoms with Crippen LogP contribution in [-0.2, 0) is 0 Å². The molecule has 0 saturated heterocycles. The summed E-state index contributed by atoms with van der Waals surface area (Å²) in [5.41, 5.74) is 2.63. The molecule has 0 spiro atoms. The number of para-hydroxylation sites is 1. The van der Waals surface area contributed by atoms with Gasteiger partial charge in [0.2, 0.25) is 0 Å². The molecule has 0 bridgehead atoms. The summed E-state index contributed by atoms with van der Waals surface area (Å²) in [5, 5.41) is 12.2. The molecule has 0 aromatic heterocycles. The van der Waals surface area contributed by atoms with E-state index in [1.807, 2.05) is 25.1 Å². The summed E-state index contributed by atoms with van der Waals surface area (Å²) in [4.78, 5) is 11.1. The van der Waals surface area contributed by atoms with E-state index in [0.29, 0.717) is 5.69 Å². The lowest BCUT2D eigenvalue weighted by Crippen LogP contribution is -2.02. The molecule has 0 amide bonds. The third-order valence-electron chi connectivity index (χ3n) is 2.83. The lowest BCUT2D eigenvalue weighted by atomic mass is 10.1. The number of anilines is 2. The van der Waals surface area contributed by atoms with Gasteiger partial charge in [0, 0.05) is 5.69 Å². The molecular weight excluding hydrogens is 242 g/mol. The molecule has 4 heteroatoms. The third kappa shape index (κ3) is 2.85. The fourth-order valence-corrected chi connectivity index (χ4v) is 1.89. The lowest BCUT2D eigenvalue weighted by molar-refractivity contribution is 0.0698. The summed E-state index contributed by atoms with van der Waals surface area (Å²) in [6.45, 7) is 1.94. The van der Waals surface area contributed by atoms with Crippen LogP contribution in [0.4, 0.5) is 11.4 Å². The van der Waals surface area contributed by atoms with Gasteiger partial charge >= 0.3 is 5.97 Å². The zero-order chi connectivity index (χ0) is 13.8. The molecule has 0 unspecified atom stereocenters. The Kier molecular flexibility index (Phi) is 3.71. The predicted molar refractivity (Wildman–Crippen MR) is 74.4 cm³/mol. The summed E-state index contributed by atoms with van der Waals surface area (Å²) in [6.07, 6.45) is 0. The number of ether oxygens (including phenoxy) is 1. The zero-order valence-corrected chi connectivity index (χ0v) is 10.8. The average Bonchev–Trinajstić information content (AvgIpc) is 2.39. The van der Waals surface area contributed by atoms with E-state index in [-0.39, 0.29) is 5.56 Å². The minimum atomic E-state index is -0.951. The van der Waals surface area contributed by atoms with Gasteiger partial charge in [-0.1, -0.05) is 12.1 Å². The van der Waals surface area contributed by atoms with E-state index in [1.165, 1.54) is 0 Å². The molecule has 0 heterocycles. The third-order valence-corrected chi connectivity index (χ3v) is 2.83. The second kappa shape index (κ2) is 5.44. The van der Waals surface area contributed by atoms with Crippen molar-refractivity contribution in [2.75, 3.05) is 12.4 Å². The van der Waals surface area contributed by atoms with E-state index in [0.717, 1.165) is 17.0 Å². The molecule has 0 aliphatic heterocycles. The van der Waals surface area contributed by atoms with Gasteiger partial charge in [-0.3, -0.25) is 0 Å². The molecule has 0 radical (unpaired) electrons. The Hall–Kier alpha value is -2.49. The largest absolute Gasteiger partial charge is 0.496 e. The van der Waals surface area contributed by atoms with Gasteiger partial charge in [-0.2, -0.15) is 0 Å². The Morgan fingerprint density at radius 3 is 2.58 bits per heavy atom. The molecule has 0 aliphatic carbocycles. The highest BCUT2D eigenvalue weighted by Gasteiger charge is 2.09. The van der Waals surface area contributed by atoms with Crippen LogP contribution in [0, 0.1) is 6.92 Å². The van der Waals surface area contributed by atoms with Gasteiger partial charge in [-0.25, -0.2) is 4.79 Å². The van der Waals surface area contributed by atoms with Crippen LogP contribution in [0.15, 0.2) is 42.5 Å². The molecule has 19 heavy (non-hydrogen) atoms. The van der Waals surface area contributed by atoms with Gasteiger partial charge in [0.25, 0.3) is 0 Å². The average molecular weight is 257 g/mol. The van der Waals surface area contributed by atoms with E-state index in [2.05, 4.69) is 5.32 Å². The summed E-state index contributed by atoms with van der Waals surface area (Å²) in [5.74, 6) is -0.148. The van der Waals surface area contributed by atoms with Crippen LogP contribution >= 0.6 is 0 Å². The van der Waals surface area contributed by atoms with Crippen LogP contribution < -0.4 is 10.1 Å². The Bertz CT molecular complexity index is 608. The molecule has 4 nitrogen and oxygen atoms in total. The highest BCUT2D eigenvalue weighted by Crippen LogP contribution is 2.25. The van der Waals surface area contributed by atoms with Gasteiger partial charge in [-0.05, 0) is 42.8 Å². The molecule has 2 N–H and O–H groups in total. The van der Waals surface area contributed by atoms with E-state index in [1.54, 1.807) is 31.4 Å². The zero-order valence-electron chi connectivity index (χ0n) is 10.8. The number of hydrogen-bond acceptors (Lipinski definition) is 3. The number of hydrogen-bond donors (Lipinski definition) is 2. The molecule has 2 aromatic carbocycles. The van der Waals surface area contributed by atoms with Crippen molar-refractivity contribution in [1.29, 1.82) is 0 Å². The van der Waals surface area contributed by atoms with E-state index in [4.69, 9.17) is 9.84 Å². The van der Waals surface area contributed by atoms with Crippen LogP contribution in [-0.4, -0.2) is 18.2 Å². The first-order valence-electron chi connectivity index (χ1n) is 5.86. The predicted octanol–water partition coefficient (Wildman–Crippen LogP) is 3.45. The number of rotatable bonds is 4. The maximum absolute atomic E-state index is 11.1. The minimum Gasteiger partial charge on any atom is -0.496 e. The molecule has 98 valence electrons. The molecule has 0 atom stereocenters. The topological polar surface area (TPSA) is 58.6 Å². The van der Waals surface area contributed by atoms with Crippen LogP contribution in [0.25, 0.3) is 0 Å². The van der Waals surface area contributed by atoms with E-state index >= 15 is 0 Å². The normalized spacial score (nSPS) is 10.0. The van der Waals surface area contributed by atoms with Gasteiger partial charge in [0.05, 0.1) is 18.4 Å². The quantitative estimate of drug-likeness (QED) is 0.880. The number of carbonyl (C=O) groups is 1. The Labute approximate surface area is 111 Å². The fraction of sp³-hybridized carbons (Fsp3) is 0.133. The van der Waals surface area contributed by atoms with Crippen molar-refractivity contribution < 1.29 is 14.6 Å². The highest BCUT2D eigenvalue weighted by molar-refractivity contribution is 5.95. The van der Waals surface area contributed by atoms with Gasteiger partial charge < -0.3 is 15.2 Å². The van der Waals surface area contributed by atoms with Gasteiger partial charge in [-0.15, -0.1) is 0 Å². The SMILES string of the molecule is COc1ccc(Nc2ccccc2C(=O)O)cc1C. The number of benzene rings is 2. The first-order valence-corrected chi connectivity index (χ1v) is 5.86. The highest BCUT2D eigenvalue weighted by atomic mass is 16.5. The van der Waals surface area contributed by atoms with Crippen LogP contribution in [0.5, 0.6) is 5.75 Å². The molecule has 0 aliphatic rings. The monoisotopic (exact) mass is 257 g/mol. The van der Waals surface area contributed by atoms with Gasteiger partial charge in [0.1, 0.15) is 5.75 Å². The van der Waals surface area contributed by atoms with Crippen LogP contribution in [0.3, 0.4) is 0 Å². The van der Waals surface area contributed by atoms with Crippen molar-refractivity contribution in [3.05, 3.63) is 53.6 Å². The smallest absolute Gasteiger partial charge is 0.337 e. The fourth-order valence-electron chi connectivity index (χ4n) is 1.89. The lowest BCUT2D eigenvalue weighted by Gasteiger charge is -2.11.